The summed E-state index contributed by atoms with van der Waals surface area (Å²) < 4.78 is 33.6. The first-order valence-electron chi connectivity index (χ1n) is 12.1. The number of aromatic nitrogens is 1. The second-order valence-electron chi connectivity index (χ2n) is 10.0. The summed E-state index contributed by atoms with van der Waals surface area (Å²) in [6.07, 6.45) is 4.57. The van der Waals surface area contributed by atoms with Crippen molar-refractivity contribution in [3.05, 3.63) is 101 Å². The van der Waals surface area contributed by atoms with Crippen molar-refractivity contribution in [3.8, 4) is 17.6 Å². The van der Waals surface area contributed by atoms with Crippen LogP contribution < -0.4 is 9.47 Å². The van der Waals surface area contributed by atoms with Gasteiger partial charge in [-0.1, -0.05) is 38.1 Å². The fourth-order valence-corrected chi connectivity index (χ4v) is 4.99. The zero-order chi connectivity index (χ0) is 26.2. The molecule has 1 atom stereocenters. The summed E-state index contributed by atoms with van der Waals surface area (Å²) in [6, 6.07) is 17.7. The van der Waals surface area contributed by atoms with Crippen molar-refractivity contribution in [1.29, 1.82) is 5.26 Å². The Bertz CT molecular complexity index is 1460. The zero-order valence-electron chi connectivity index (χ0n) is 21.0. The van der Waals surface area contributed by atoms with Crippen LogP contribution in [-0.4, -0.2) is 17.5 Å². The first-order valence-corrected chi connectivity index (χ1v) is 12.1. The van der Waals surface area contributed by atoms with Crippen molar-refractivity contribution in [2.24, 2.45) is 5.41 Å². The first kappa shape index (κ1) is 24.4. The van der Waals surface area contributed by atoms with Gasteiger partial charge in [-0.3, -0.25) is 9.36 Å². The van der Waals surface area contributed by atoms with Gasteiger partial charge in [0, 0.05) is 36.4 Å². The molecule has 0 amide bonds. The monoisotopic (exact) mass is 498 g/mol. The average Bonchev–Trinajstić information content (AvgIpc) is 3.41. The Balaban J connectivity index is 1.58. The molecular weight excluding hydrogens is 471 g/mol. The van der Waals surface area contributed by atoms with Gasteiger partial charge in [0.25, 0.3) is 0 Å². The summed E-state index contributed by atoms with van der Waals surface area (Å²) in [5.74, 6) is 0.831. The van der Waals surface area contributed by atoms with Gasteiger partial charge in [0.05, 0.1) is 13.0 Å². The molecule has 0 saturated carbocycles. The fraction of sp³-hybridized carbons (Fsp3) is 0.267. The number of hydrogen-bond acceptors (Lipinski definition) is 5. The van der Waals surface area contributed by atoms with Crippen LogP contribution in [0.25, 0.3) is 5.88 Å². The molecule has 2 aliphatic rings. The normalized spacial score (nSPS) is 18.7. The quantitative estimate of drug-likeness (QED) is 0.395. The molecule has 188 valence electrons. The van der Waals surface area contributed by atoms with E-state index in [-0.39, 0.29) is 23.6 Å². The molecule has 0 bridgehead atoms. The zero-order valence-corrected chi connectivity index (χ0v) is 21.0. The van der Waals surface area contributed by atoms with Crippen LogP contribution in [0.1, 0.15) is 43.7 Å². The third-order valence-electron chi connectivity index (χ3n) is 6.73. The number of Topliss-reactive ketones (excluding diaryl/α,β-unsaturated/α-hetero) is 1. The lowest BCUT2D eigenvalue weighted by atomic mass is 9.70. The van der Waals surface area contributed by atoms with Gasteiger partial charge < -0.3 is 14.2 Å². The molecule has 7 heteroatoms. The van der Waals surface area contributed by atoms with Crippen LogP contribution in [0.2, 0.25) is 0 Å². The van der Waals surface area contributed by atoms with E-state index in [1.165, 1.54) is 13.2 Å². The van der Waals surface area contributed by atoms with Gasteiger partial charge in [-0.25, -0.2) is 4.39 Å². The van der Waals surface area contributed by atoms with Gasteiger partial charge in [-0.2, -0.15) is 5.26 Å². The third-order valence-corrected chi connectivity index (χ3v) is 6.73. The topological polar surface area (TPSA) is 73.5 Å². The molecule has 0 saturated heterocycles. The average molecular weight is 499 g/mol. The van der Waals surface area contributed by atoms with Crippen molar-refractivity contribution in [3.63, 3.8) is 0 Å². The molecule has 0 N–H and O–H groups in total. The van der Waals surface area contributed by atoms with Crippen LogP contribution in [0, 0.1) is 22.6 Å². The van der Waals surface area contributed by atoms with E-state index in [2.05, 4.69) is 6.07 Å². The number of hydrogen-bond donors (Lipinski definition) is 0. The minimum atomic E-state index is -0.621. The summed E-state index contributed by atoms with van der Waals surface area (Å²) >= 11 is 0. The number of carbonyl (C=O) groups excluding carboxylic acids is 1. The Morgan fingerprint density at radius 1 is 1.11 bits per heavy atom. The van der Waals surface area contributed by atoms with Crippen molar-refractivity contribution in [2.75, 3.05) is 7.11 Å². The Morgan fingerprint density at radius 2 is 1.86 bits per heavy atom. The van der Waals surface area contributed by atoms with Gasteiger partial charge in [-0.15, -0.1) is 0 Å². The lowest BCUT2D eigenvalue weighted by Gasteiger charge is -2.38. The van der Waals surface area contributed by atoms with E-state index in [0.717, 1.165) is 0 Å². The molecule has 2 aromatic carbocycles. The number of nitrogens with zero attached hydrogens (tertiary/aromatic N) is 2. The Morgan fingerprint density at radius 3 is 2.57 bits per heavy atom. The predicted molar refractivity (Wildman–Crippen MR) is 136 cm³/mol. The van der Waals surface area contributed by atoms with Gasteiger partial charge >= 0.3 is 0 Å². The minimum absolute atomic E-state index is 0.0314. The summed E-state index contributed by atoms with van der Waals surface area (Å²) in [6.45, 7) is 4.11. The summed E-state index contributed by atoms with van der Waals surface area (Å²) in [5.41, 5.74) is 1.72. The largest absolute Gasteiger partial charge is 0.493 e. The molecule has 0 radical (unpaired) electrons. The van der Waals surface area contributed by atoms with Crippen LogP contribution in [0.4, 0.5) is 4.39 Å². The van der Waals surface area contributed by atoms with Crippen molar-refractivity contribution in [1.82, 2.24) is 4.57 Å². The van der Waals surface area contributed by atoms with E-state index in [0.29, 0.717) is 58.3 Å². The Kier molecular flexibility index (Phi) is 6.34. The molecule has 0 unspecified atom stereocenters. The van der Waals surface area contributed by atoms with Crippen LogP contribution in [0.15, 0.2) is 83.9 Å². The number of allylic oxidation sites excluding steroid dienone is 3. The fourth-order valence-electron chi connectivity index (χ4n) is 4.99. The maximum absolute atomic E-state index is 14.1. The van der Waals surface area contributed by atoms with E-state index in [4.69, 9.17) is 14.2 Å². The van der Waals surface area contributed by atoms with E-state index in [9.17, 15) is 14.4 Å². The summed E-state index contributed by atoms with van der Waals surface area (Å²) in [4.78, 5) is 13.4. The third kappa shape index (κ3) is 4.63. The van der Waals surface area contributed by atoms with Crippen LogP contribution in [-0.2, 0) is 16.1 Å². The lowest BCUT2D eigenvalue weighted by molar-refractivity contribution is -0.118. The second-order valence-corrected chi connectivity index (χ2v) is 10.0. The molecule has 1 aromatic heterocycles. The minimum Gasteiger partial charge on any atom is -0.493 e. The summed E-state index contributed by atoms with van der Waals surface area (Å²) in [7, 11) is 1.52. The second kappa shape index (κ2) is 9.62. The molecular formula is C30H27FN2O4. The molecule has 3 aromatic rings. The van der Waals surface area contributed by atoms with Gasteiger partial charge in [0.15, 0.2) is 17.3 Å². The lowest BCUT2D eigenvalue weighted by Crippen LogP contribution is -2.32. The van der Waals surface area contributed by atoms with E-state index < -0.39 is 5.92 Å². The van der Waals surface area contributed by atoms with E-state index in [1.807, 2.05) is 44.4 Å². The molecule has 5 rings (SSSR count). The maximum Gasteiger partial charge on any atom is 0.218 e. The highest BCUT2D eigenvalue weighted by Crippen LogP contribution is 2.50. The molecule has 2 heterocycles. The number of benzene rings is 2. The Labute approximate surface area is 215 Å². The van der Waals surface area contributed by atoms with Gasteiger partial charge in [0.2, 0.25) is 5.88 Å². The number of rotatable bonds is 6. The van der Waals surface area contributed by atoms with Crippen molar-refractivity contribution >= 4 is 11.7 Å². The number of nitriles is 1. The van der Waals surface area contributed by atoms with E-state index in [1.54, 1.807) is 34.9 Å². The van der Waals surface area contributed by atoms with Gasteiger partial charge in [-0.05, 0) is 41.3 Å². The maximum atomic E-state index is 14.1. The van der Waals surface area contributed by atoms with E-state index >= 15 is 0 Å². The smallest absolute Gasteiger partial charge is 0.218 e. The number of carbonyl (C=O) groups is 1. The number of methoxy groups -OCH3 is 1. The van der Waals surface area contributed by atoms with Crippen LogP contribution >= 0.6 is 0 Å². The number of halogens is 1. The van der Waals surface area contributed by atoms with Crippen LogP contribution in [0.3, 0.4) is 0 Å². The standard InChI is InChI=1S/C30H27FN2O4/c1-30(2)15-23(34)28-26(16-30)37-29(33-12-6-7-13-33)21(17-32)27(28)19-10-11-24(25(14-19)35-3)36-18-20-8-4-5-9-22(20)31/h4-14,27H,15-16,18H2,1-3H3/t27-/m0/s1. The predicted octanol–water partition coefficient (Wildman–Crippen LogP) is 6.36. The highest BCUT2D eigenvalue weighted by molar-refractivity contribution is 6.00. The molecule has 1 aliphatic carbocycles. The molecule has 37 heavy (non-hydrogen) atoms. The van der Waals surface area contributed by atoms with Crippen molar-refractivity contribution < 1.29 is 23.4 Å². The Hall–Kier alpha value is -4.31. The number of ketones is 1. The highest BCUT2D eigenvalue weighted by Gasteiger charge is 2.43. The molecule has 0 fully saturated rings. The summed E-state index contributed by atoms with van der Waals surface area (Å²) in [5, 5.41) is 10.3. The molecule has 1 aliphatic heterocycles. The van der Waals surface area contributed by atoms with Gasteiger partial charge in [0.1, 0.15) is 29.8 Å². The molecule has 6 nitrogen and oxygen atoms in total. The molecule has 0 spiro atoms. The van der Waals surface area contributed by atoms with Crippen LogP contribution in [0.5, 0.6) is 11.5 Å². The van der Waals surface area contributed by atoms with Crippen molar-refractivity contribution in [2.45, 2.75) is 39.2 Å². The number of ether oxygens (including phenoxy) is 3. The first-order chi connectivity index (χ1) is 17.8. The SMILES string of the molecule is COc1cc([C@H]2C(C#N)=C(n3cccc3)OC3=C2C(=O)CC(C)(C)C3)ccc1OCc1ccccc1F. The highest BCUT2D eigenvalue weighted by atomic mass is 19.1.